The standard InChI is InChI=1S/C15H22N2O3S/c1-15(2,3)20-12(18)8-9-21-14-16-11-7-5-4-6-10(11)13(19)17-14/h4-9H2,1-3H3,(H,16,17,19). The molecule has 0 spiro atoms. The van der Waals surface area contributed by atoms with Gasteiger partial charge in [-0.2, -0.15) is 0 Å². The number of nitrogens with zero attached hydrogens (tertiary/aromatic N) is 1. The van der Waals surface area contributed by atoms with Crippen LogP contribution in [0.5, 0.6) is 0 Å². The third-order valence-electron chi connectivity index (χ3n) is 3.13. The summed E-state index contributed by atoms with van der Waals surface area (Å²) >= 11 is 1.39. The molecule has 0 atom stereocenters. The van der Waals surface area contributed by atoms with E-state index in [0.29, 0.717) is 17.3 Å². The average molecular weight is 310 g/mol. The molecule has 0 fully saturated rings. The first kappa shape index (κ1) is 16.1. The largest absolute Gasteiger partial charge is 0.460 e. The molecule has 1 aromatic heterocycles. The Balaban J connectivity index is 1.91. The van der Waals surface area contributed by atoms with Crippen molar-refractivity contribution in [2.75, 3.05) is 5.75 Å². The Bertz CT molecular complexity index is 575. The van der Waals surface area contributed by atoms with Crippen molar-refractivity contribution in [3.63, 3.8) is 0 Å². The van der Waals surface area contributed by atoms with Gasteiger partial charge in [-0.05, 0) is 46.5 Å². The van der Waals surface area contributed by atoms with Crippen LogP contribution in [0.2, 0.25) is 0 Å². The maximum absolute atomic E-state index is 12.0. The van der Waals surface area contributed by atoms with Crippen molar-refractivity contribution in [2.24, 2.45) is 0 Å². The number of ether oxygens (including phenoxy) is 1. The number of esters is 1. The number of thioether (sulfide) groups is 1. The molecule has 0 radical (unpaired) electrons. The Morgan fingerprint density at radius 1 is 1.33 bits per heavy atom. The van der Waals surface area contributed by atoms with E-state index in [9.17, 15) is 9.59 Å². The van der Waals surface area contributed by atoms with Gasteiger partial charge in [-0.15, -0.1) is 0 Å². The fourth-order valence-corrected chi connectivity index (χ4v) is 3.07. The lowest BCUT2D eigenvalue weighted by atomic mass is 9.97. The number of carbonyl (C=O) groups is 1. The lowest BCUT2D eigenvalue weighted by molar-refractivity contribution is -0.154. The summed E-state index contributed by atoms with van der Waals surface area (Å²) in [6.45, 7) is 5.54. The number of carbonyl (C=O) groups excluding carboxylic acids is 1. The molecule has 0 saturated heterocycles. The van der Waals surface area contributed by atoms with Crippen molar-refractivity contribution in [2.45, 2.75) is 63.6 Å². The van der Waals surface area contributed by atoms with Crippen LogP contribution in [0.25, 0.3) is 0 Å². The van der Waals surface area contributed by atoms with Gasteiger partial charge in [-0.25, -0.2) is 4.98 Å². The predicted octanol–water partition coefficient (Wildman–Crippen LogP) is 2.47. The molecule has 0 aliphatic heterocycles. The van der Waals surface area contributed by atoms with Crippen LogP contribution in [0.15, 0.2) is 9.95 Å². The van der Waals surface area contributed by atoms with Crippen LogP contribution in [-0.4, -0.2) is 27.3 Å². The number of aromatic nitrogens is 2. The molecule has 21 heavy (non-hydrogen) atoms. The van der Waals surface area contributed by atoms with Crippen LogP contribution >= 0.6 is 11.8 Å². The average Bonchev–Trinajstić information content (AvgIpc) is 2.36. The Labute approximate surface area is 128 Å². The first-order chi connectivity index (χ1) is 9.85. The first-order valence-electron chi connectivity index (χ1n) is 7.32. The molecule has 1 aromatic rings. The van der Waals surface area contributed by atoms with E-state index in [0.717, 1.165) is 36.9 Å². The number of rotatable bonds is 4. The third kappa shape index (κ3) is 4.88. The molecule has 116 valence electrons. The van der Waals surface area contributed by atoms with Crippen molar-refractivity contribution in [1.29, 1.82) is 0 Å². The molecule has 1 aliphatic carbocycles. The molecule has 0 saturated carbocycles. The molecule has 5 nitrogen and oxygen atoms in total. The highest BCUT2D eigenvalue weighted by molar-refractivity contribution is 7.99. The highest BCUT2D eigenvalue weighted by Gasteiger charge is 2.17. The van der Waals surface area contributed by atoms with Gasteiger partial charge in [0.05, 0.1) is 12.1 Å². The number of aryl methyl sites for hydroxylation is 1. The van der Waals surface area contributed by atoms with Gasteiger partial charge in [0.1, 0.15) is 5.60 Å². The van der Waals surface area contributed by atoms with Crippen LogP contribution in [0.1, 0.15) is 51.3 Å². The topological polar surface area (TPSA) is 72.0 Å². The Hall–Kier alpha value is -1.30. The van der Waals surface area contributed by atoms with Gasteiger partial charge in [0.2, 0.25) is 0 Å². The Morgan fingerprint density at radius 3 is 2.76 bits per heavy atom. The van der Waals surface area contributed by atoms with E-state index in [2.05, 4.69) is 9.97 Å². The molecule has 6 heteroatoms. The van der Waals surface area contributed by atoms with Gasteiger partial charge in [-0.3, -0.25) is 9.59 Å². The number of H-pyrrole nitrogens is 1. The van der Waals surface area contributed by atoms with Crippen molar-refractivity contribution < 1.29 is 9.53 Å². The van der Waals surface area contributed by atoms with Gasteiger partial charge in [0.25, 0.3) is 5.56 Å². The smallest absolute Gasteiger partial charge is 0.307 e. The number of fused-ring (bicyclic) bond motifs is 1. The second-order valence-electron chi connectivity index (χ2n) is 6.19. The molecule has 1 aliphatic rings. The monoisotopic (exact) mass is 310 g/mol. The van der Waals surface area contributed by atoms with E-state index in [1.165, 1.54) is 11.8 Å². The lowest BCUT2D eigenvalue weighted by Crippen LogP contribution is -2.24. The van der Waals surface area contributed by atoms with E-state index in [4.69, 9.17) is 4.74 Å². The van der Waals surface area contributed by atoms with Gasteiger partial charge < -0.3 is 9.72 Å². The SMILES string of the molecule is CC(C)(C)OC(=O)CCSc1nc2c(c(=O)[nH]1)CCCC2. The van der Waals surface area contributed by atoms with Crippen molar-refractivity contribution in [3.8, 4) is 0 Å². The van der Waals surface area contributed by atoms with Crippen molar-refractivity contribution in [1.82, 2.24) is 9.97 Å². The quantitative estimate of drug-likeness (QED) is 0.525. The molecule has 2 rings (SSSR count). The van der Waals surface area contributed by atoms with Crippen LogP contribution in [0.4, 0.5) is 0 Å². The minimum absolute atomic E-state index is 0.0283. The Kier molecular flexibility index (Phi) is 5.08. The first-order valence-corrected chi connectivity index (χ1v) is 8.30. The van der Waals surface area contributed by atoms with Crippen molar-refractivity contribution >= 4 is 17.7 Å². The summed E-state index contributed by atoms with van der Waals surface area (Å²) in [5, 5.41) is 0.601. The third-order valence-corrected chi connectivity index (χ3v) is 4.01. The highest BCUT2D eigenvalue weighted by Crippen LogP contribution is 2.20. The minimum Gasteiger partial charge on any atom is -0.460 e. The van der Waals surface area contributed by atoms with Crippen LogP contribution in [0, 0.1) is 0 Å². The van der Waals surface area contributed by atoms with E-state index >= 15 is 0 Å². The zero-order chi connectivity index (χ0) is 15.5. The fraction of sp³-hybridized carbons (Fsp3) is 0.667. The van der Waals surface area contributed by atoms with E-state index in [1.54, 1.807) is 0 Å². The molecule has 1 N–H and O–H groups in total. The van der Waals surface area contributed by atoms with Gasteiger partial charge in [-0.1, -0.05) is 11.8 Å². The number of hydrogen-bond donors (Lipinski definition) is 1. The number of nitrogens with one attached hydrogen (secondary N) is 1. The molecule has 0 aromatic carbocycles. The summed E-state index contributed by atoms with van der Waals surface area (Å²) in [7, 11) is 0. The normalized spacial score (nSPS) is 14.6. The zero-order valence-corrected chi connectivity index (χ0v) is 13.6. The summed E-state index contributed by atoms with van der Waals surface area (Å²) in [6.07, 6.45) is 4.15. The molecule has 1 heterocycles. The summed E-state index contributed by atoms with van der Waals surface area (Å²) in [6, 6.07) is 0. The summed E-state index contributed by atoms with van der Waals surface area (Å²) in [5.41, 5.74) is 1.27. The predicted molar refractivity (Wildman–Crippen MR) is 82.7 cm³/mol. The van der Waals surface area contributed by atoms with Crippen LogP contribution < -0.4 is 5.56 Å². The second-order valence-corrected chi connectivity index (χ2v) is 7.27. The van der Waals surface area contributed by atoms with E-state index in [1.807, 2.05) is 20.8 Å². The molecular weight excluding hydrogens is 288 g/mol. The van der Waals surface area contributed by atoms with Gasteiger partial charge in [0.15, 0.2) is 5.16 Å². The summed E-state index contributed by atoms with van der Waals surface area (Å²) < 4.78 is 5.25. The van der Waals surface area contributed by atoms with E-state index in [-0.39, 0.29) is 11.5 Å². The minimum atomic E-state index is -0.458. The van der Waals surface area contributed by atoms with E-state index < -0.39 is 5.60 Å². The molecule has 0 unspecified atom stereocenters. The number of aromatic amines is 1. The maximum atomic E-state index is 12.0. The second kappa shape index (κ2) is 6.64. The van der Waals surface area contributed by atoms with Crippen molar-refractivity contribution in [3.05, 3.63) is 21.6 Å². The maximum Gasteiger partial charge on any atom is 0.307 e. The number of hydrogen-bond acceptors (Lipinski definition) is 5. The van der Waals surface area contributed by atoms with Gasteiger partial charge >= 0.3 is 5.97 Å². The summed E-state index contributed by atoms with van der Waals surface area (Å²) in [5.74, 6) is 0.326. The zero-order valence-electron chi connectivity index (χ0n) is 12.8. The fourth-order valence-electron chi connectivity index (χ4n) is 2.27. The molecular formula is C15H22N2O3S. The van der Waals surface area contributed by atoms with Gasteiger partial charge in [0, 0.05) is 11.3 Å². The van der Waals surface area contributed by atoms with Crippen LogP contribution in [-0.2, 0) is 22.4 Å². The Morgan fingerprint density at radius 2 is 2.05 bits per heavy atom. The lowest BCUT2D eigenvalue weighted by Gasteiger charge is -2.19. The molecule has 0 bridgehead atoms. The van der Waals surface area contributed by atoms with Crippen LogP contribution in [0.3, 0.4) is 0 Å². The highest BCUT2D eigenvalue weighted by atomic mass is 32.2. The summed E-state index contributed by atoms with van der Waals surface area (Å²) in [4.78, 5) is 30.9. The molecule has 0 amide bonds.